The third-order valence-electron chi connectivity index (χ3n) is 2.57. The van der Waals surface area contributed by atoms with E-state index in [1.165, 1.54) is 6.26 Å². The minimum absolute atomic E-state index is 0.179. The molecule has 0 unspecified atom stereocenters. The molecule has 0 radical (unpaired) electrons. The van der Waals surface area contributed by atoms with Gasteiger partial charge in [0.25, 0.3) is 0 Å². The molecular formula is C14H10N2O3. The van der Waals surface area contributed by atoms with Crippen LogP contribution in [0.2, 0.25) is 0 Å². The molecule has 0 aliphatic heterocycles. The molecule has 0 saturated heterocycles. The van der Waals surface area contributed by atoms with Gasteiger partial charge < -0.3 is 13.7 Å². The Morgan fingerprint density at radius 2 is 2.05 bits per heavy atom. The number of carbonyl (C=O) groups excluding carboxylic acids is 1. The first-order chi connectivity index (χ1) is 9.33. The van der Waals surface area contributed by atoms with E-state index < -0.39 is 5.97 Å². The first-order valence-electron chi connectivity index (χ1n) is 5.67. The van der Waals surface area contributed by atoms with E-state index in [1.54, 1.807) is 36.8 Å². The van der Waals surface area contributed by atoms with E-state index in [0.717, 1.165) is 5.69 Å². The molecular weight excluding hydrogens is 244 g/mol. The standard InChI is InChI=1S/C14H10N2O3/c17-14(13-2-1-9-18-13)19-12-5-3-11(4-6-12)16-8-7-15-10-16/h1-10H. The van der Waals surface area contributed by atoms with E-state index in [1.807, 2.05) is 22.9 Å². The topological polar surface area (TPSA) is 57.3 Å². The number of hydrogen-bond donors (Lipinski definition) is 0. The van der Waals surface area contributed by atoms with Gasteiger partial charge in [-0.15, -0.1) is 0 Å². The Kier molecular flexibility index (Phi) is 2.86. The number of esters is 1. The molecule has 0 amide bonds. The van der Waals surface area contributed by atoms with Gasteiger partial charge >= 0.3 is 5.97 Å². The number of aromatic nitrogens is 2. The Morgan fingerprint density at radius 3 is 2.68 bits per heavy atom. The van der Waals surface area contributed by atoms with Crippen LogP contribution in [-0.4, -0.2) is 15.5 Å². The second-order valence-electron chi connectivity index (χ2n) is 3.83. The Hall–Kier alpha value is -2.82. The first-order valence-corrected chi connectivity index (χ1v) is 5.67. The fraction of sp³-hybridized carbons (Fsp3) is 0. The van der Waals surface area contributed by atoms with Crippen molar-refractivity contribution in [3.63, 3.8) is 0 Å². The minimum Gasteiger partial charge on any atom is -0.457 e. The van der Waals surface area contributed by atoms with Crippen molar-refractivity contribution in [1.82, 2.24) is 9.55 Å². The summed E-state index contributed by atoms with van der Waals surface area (Å²) in [7, 11) is 0. The Balaban J connectivity index is 1.75. The molecule has 0 fully saturated rings. The maximum Gasteiger partial charge on any atom is 0.379 e. The van der Waals surface area contributed by atoms with Crippen molar-refractivity contribution in [1.29, 1.82) is 0 Å². The summed E-state index contributed by atoms with van der Waals surface area (Å²) in [5, 5.41) is 0. The lowest BCUT2D eigenvalue weighted by Crippen LogP contribution is -2.07. The van der Waals surface area contributed by atoms with Crippen molar-refractivity contribution in [2.24, 2.45) is 0 Å². The summed E-state index contributed by atoms with van der Waals surface area (Å²) >= 11 is 0. The van der Waals surface area contributed by atoms with Crippen LogP contribution in [-0.2, 0) is 0 Å². The summed E-state index contributed by atoms with van der Waals surface area (Å²) in [6, 6.07) is 10.3. The quantitative estimate of drug-likeness (QED) is 0.532. The van der Waals surface area contributed by atoms with Crippen molar-refractivity contribution < 1.29 is 13.9 Å². The zero-order chi connectivity index (χ0) is 13.1. The second kappa shape index (κ2) is 4.81. The van der Waals surface area contributed by atoms with Crippen LogP contribution in [0.4, 0.5) is 0 Å². The summed E-state index contributed by atoms with van der Waals surface area (Å²) in [4.78, 5) is 15.6. The largest absolute Gasteiger partial charge is 0.457 e. The summed E-state index contributed by atoms with van der Waals surface area (Å²) in [6.45, 7) is 0. The number of imidazole rings is 1. The number of benzene rings is 1. The molecule has 19 heavy (non-hydrogen) atoms. The van der Waals surface area contributed by atoms with E-state index >= 15 is 0 Å². The molecule has 3 rings (SSSR count). The second-order valence-corrected chi connectivity index (χ2v) is 3.83. The average Bonchev–Trinajstić information content (AvgIpc) is 3.13. The molecule has 0 saturated carbocycles. The van der Waals surface area contributed by atoms with E-state index in [4.69, 9.17) is 9.15 Å². The number of nitrogens with zero attached hydrogens (tertiary/aromatic N) is 2. The van der Waals surface area contributed by atoms with Crippen LogP contribution in [0, 0.1) is 0 Å². The van der Waals surface area contributed by atoms with E-state index in [0.29, 0.717) is 5.75 Å². The fourth-order valence-corrected chi connectivity index (χ4v) is 1.65. The van der Waals surface area contributed by atoms with Crippen molar-refractivity contribution in [3.8, 4) is 11.4 Å². The summed E-state index contributed by atoms with van der Waals surface area (Å²) in [5.41, 5.74) is 0.940. The maximum absolute atomic E-state index is 11.7. The van der Waals surface area contributed by atoms with E-state index in [9.17, 15) is 4.79 Å². The van der Waals surface area contributed by atoms with Gasteiger partial charge in [0, 0.05) is 18.1 Å². The van der Waals surface area contributed by atoms with Gasteiger partial charge in [0.05, 0.1) is 12.6 Å². The molecule has 2 heterocycles. The Bertz CT molecular complexity index is 655. The molecule has 0 bridgehead atoms. The Labute approximate surface area is 109 Å². The third-order valence-corrected chi connectivity index (χ3v) is 2.57. The van der Waals surface area contributed by atoms with Gasteiger partial charge in [-0.25, -0.2) is 9.78 Å². The van der Waals surface area contributed by atoms with Crippen molar-refractivity contribution in [3.05, 3.63) is 67.1 Å². The van der Waals surface area contributed by atoms with Gasteiger partial charge in [0.1, 0.15) is 5.75 Å². The molecule has 1 aromatic carbocycles. The highest BCUT2D eigenvalue weighted by Crippen LogP contribution is 2.16. The molecule has 94 valence electrons. The predicted molar refractivity (Wildman–Crippen MR) is 67.2 cm³/mol. The van der Waals surface area contributed by atoms with Gasteiger partial charge in [-0.3, -0.25) is 0 Å². The lowest BCUT2D eigenvalue weighted by molar-refractivity contribution is 0.0701. The van der Waals surface area contributed by atoms with Crippen LogP contribution in [0.3, 0.4) is 0 Å². The van der Waals surface area contributed by atoms with Crippen LogP contribution in [0.15, 0.2) is 65.8 Å². The lowest BCUT2D eigenvalue weighted by atomic mass is 10.3. The summed E-state index contributed by atoms with van der Waals surface area (Å²) < 4.78 is 12.0. The number of ether oxygens (including phenoxy) is 1. The highest BCUT2D eigenvalue weighted by molar-refractivity contribution is 5.88. The van der Waals surface area contributed by atoms with Gasteiger partial charge in [-0.2, -0.15) is 0 Å². The minimum atomic E-state index is -0.514. The predicted octanol–water partition coefficient (Wildman–Crippen LogP) is 2.68. The third kappa shape index (κ3) is 2.40. The highest BCUT2D eigenvalue weighted by atomic mass is 16.5. The van der Waals surface area contributed by atoms with Crippen LogP contribution in [0.25, 0.3) is 5.69 Å². The van der Waals surface area contributed by atoms with Gasteiger partial charge in [-0.1, -0.05) is 0 Å². The summed E-state index contributed by atoms with van der Waals surface area (Å²) in [6.07, 6.45) is 6.66. The van der Waals surface area contributed by atoms with E-state index in [2.05, 4.69) is 4.98 Å². The SMILES string of the molecule is O=C(Oc1ccc(-n2ccnc2)cc1)c1ccco1. The first kappa shape index (κ1) is 11.3. The number of rotatable bonds is 3. The smallest absolute Gasteiger partial charge is 0.379 e. The molecule has 5 heteroatoms. The van der Waals surface area contributed by atoms with Crippen LogP contribution in [0.1, 0.15) is 10.6 Å². The van der Waals surface area contributed by atoms with Crippen molar-refractivity contribution in [2.45, 2.75) is 0 Å². The lowest BCUT2D eigenvalue weighted by Gasteiger charge is -2.04. The van der Waals surface area contributed by atoms with Crippen LogP contribution in [0.5, 0.6) is 5.75 Å². The molecule has 0 atom stereocenters. The average molecular weight is 254 g/mol. The van der Waals surface area contributed by atoms with Gasteiger partial charge in [0.2, 0.25) is 5.76 Å². The van der Waals surface area contributed by atoms with Crippen molar-refractivity contribution in [2.75, 3.05) is 0 Å². The zero-order valence-electron chi connectivity index (χ0n) is 9.89. The summed E-state index contributed by atoms with van der Waals surface area (Å²) in [5.74, 6) is 0.129. The molecule has 2 aromatic heterocycles. The van der Waals surface area contributed by atoms with Crippen LogP contribution < -0.4 is 4.74 Å². The Morgan fingerprint density at radius 1 is 1.21 bits per heavy atom. The molecule has 0 spiro atoms. The normalized spacial score (nSPS) is 10.3. The van der Waals surface area contributed by atoms with Crippen LogP contribution >= 0.6 is 0 Å². The zero-order valence-corrected chi connectivity index (χ0v) is 9.89. The molecule has 3 aromatic rings. The van der Waals surface area contributed by atoms with Gasteiger partial charge in [0.15, 0.2) is 0 Å². The highest BCUT2D eigenvalue weighted by Gasteiger charge is 2.11. The molecule has 0 aliphatic rings. The molecule has 0 N–H and O–H groups in total. The number of furan rings is 1. The number of hydrogen-bond acceptors (Lipinski definition) is 4. The molecule has 0 aliphatic carbocycles. The molecule has 5 nitrogen and oxygen atoms in total. The van der Waals surface area contributed by atoms with Gasteiger partial charge in [-0.05, 0) is 36.4 Å². The monoisotopic (exact) mass is 254 g/mol. The van der Waals surface area contributed by atoms with E-state index in [-0.39, 0.29) is 5.76 Å². The number of carbonyl (C=O) groups is 1. The maximum atomic E-state index is 11.7. The fourth-order valence-electron chi connectivity index (χ4n) is 1.65. The van der Waals surface area contributed by atoms with Crippen molar-refractivity contribution >= 4 is 5.97 Å².